The molecule has 0 aliphatic carbocycles. The van der Waals surface area contributed by atoms with Crippen LogP contribution in [-0.4, -0.2) is 44.1 Å². The van der Waals surface area contributed by atoms with Gasteiger partial charge in [-0.25, -0.2) is 8.42 Å². The zero-order valence-electron chi connectivity index (χ0n) is 16.5. The van der Waals surface area contributed by atoms with Gasteiger partial charge in [0.05, 0.1) is 21.7 Å². The molecule has 2 aliphatic rings. The van der Waals surface area contributed by atoms with Crippen LogP contribution in [0.1, 0.15) is 52.5 Å². The van der Waals surface area contributed by atoms with Crippen LogP contribution in [0.3, 0.4) is 0 Å². The summed E-state index contributed by atoms with van der Waals surface area (Å²) < 4.78 is 79.7. The fourth-order valence-electron chi connectivity index (χ4n) is 3.37. The standard InChI is InChI=1S/C18H25BF3NO4S/c1-16(2)17(3,4)27-19(26-16)15-9-8-13(12-14(15)18(20,21)22)28(24,25)23-10-6-5-7-11-23/h8-9,12H,5-7,10-11H2,1-4H3. The Morgan fingerprint density at radius 1 is 1.00 bits per heavy atom. The second-order valence-corrected chi connectivity index (χ2v) is 10.2. The van der Waals surface area contributed by atoms with Gasteiger partial charge in [-0.1, -0.05) is 12.5 Å². The Labute approximate surface area is 164 Å². The molecule has 28 heavy (non-hydrogen) atoms. The normalized spacial score (nSPS) is 23.2. The van der Waals surface area contributed by atoms with E-state index in [1.165, 1.54) is 10.4 Å². The first kappa shape index (κ1) is 21.6. The molecule has 0 radical (unpaired) electrons. The molecule has 0 spiro atoms. The van der Waals surface area contributed by atoms with Gasteiger partial charge in [-0.2, -0.15) is 17.5 Å². The molecular formula is C18H25BF3NO4S. The van der Waals surface area contributed by atoms with Crippen LogP contribution in [-0.2, 0) is 25.5 Å². The van der Waals surface area contributed by atoms with Crippen LogP contribution >= 0.6 is 0 Å². The summed E-state index contributed by atoms with van der Waals surface area (Å²) in [5.41, 5.74) is -2.88. The highest BCUT2D eigenvalue weighted by atomic mass is 32.2. The molecule has 1 aromatic carbocycles. The average Bonchev–Trinajstić information content (AvgIpc) is 2.82. The summed E-state index contributed by atoms with van der Waals surface area (Å²) in [7, 11) is -5.21. The van der Waals surface area contributed by atoms with Gasteiger partial charge in [0.2, 0.25) is 10.0 Å². The van der Waals surface area contributed by atoms with Gasteiger partial charge in [0.15, 0.2) is 0 Å². The summed E-state index contributed by atoms with van der Waals surface area (Å²) in [6.45, 7) is 7.63. The van der Waals surface area contributed by atoms with Gasteiger partial charge in [-0.15, -0.1) is 0 Å². The third kappa shape index (κ3) is 3.84. The lowest BCUT2D eigenvalue weighted by atomic mass is 9.76. The molecule has 2 saturated heterocycles. The first-order valence-electron chi connectivity index (χ1n) is 9.33. The number of halogens is 3. The van der Waals surface area contributed by atoms with E-state index in [9.17, 15) is 21.6 Å². The summed E-state index contributed by atoms with van der Waals surface area (Å²) in [5, 5.41) is 0. The zero-order valence-corrected chi connectivity index (χ0v) is 17.3. The molecule has 2 aliphatic heterocycles. The Morgan fingerprint density at radius 3 is 2.04 bits per heavy atom. The van der Waals surface area contributed by atoms with Crippen molar-refractivity contribution in [3.63, 3.8) is 0 Å². The topological polar surface area (TPSA) is 55.8 Å². The zero-order chi connectivity index (χ0) is 21.0. The molecule has 0 N–H and O–H groups in total. The highest BCUT2D eigenvalue weighted by Crippen LogP contribution is 2.38. The van der Waals surface area contributed by atoms with Crippen molar-refractivity contribution in [1.82, 2.24) is 4.31 Å². The minimum absolute atomic E-state index is 0.219. The van der Waals surface area contributed by atoms with Crippen molar-refractivity contribution in [3.05, 3.63) is 23.8 Å². The number of hydrogen-bond acceptors (Lipinski definition) is 4. The van der Waals surface area contributed by atoms with E-state index in [2.05, 4.69) is 0 Å². The van der Waals surface area contributed by atoms with Gasteiger partial charge in [0, 0.05) is 13.1 Å². The predicted octanol–water partition coefficient (Wildman–Crippen LogP) is 3.18. The van der Waals surface area contributed by atoms with E-state index in [1.54, 1.807) is 27.7 Å². The van der Waals surface area contributed by atoms with Crippen molar-refractivity contribution in [1.29, 1.82) is 0 Å². The molecule has 2 fully saturated rings. The molecule has 0 bridgehead atoms. The van der Waals surface area contributed by atoms with Gasteiger partial charge in [-0.3, -0.25) is 0 Å². The summed E-state index contributed by atoms with van der Waals surface area (Å²) in [6, 6.07) is 3.06. The summed E-state index contributed by atoms with van der Waals surface area (Å²) in [6.07, 6.45) is -2.41. The fourth-order valence-corrected chi connectivity index (χ4v) is 4.92. The van der Waals surface area contributed by atoms with Gasteiger partial charge in [0.25, 0.3) is 0 Å². The van der Waals surface area contributed by atoms with Crippen LogP contribution in [0.25, 0.3) is 0 Å². The lowest BCUT2D eigenvalue weighted by Gasteiger charge is -2.32. The largest absolute Gasteiger partial charge is 0.495 e. The summed E-state index contributed by atoms with van der Waals surface area (Å²) in [4.78, 5) is -0.359. The van der Waals surface area contributed by atoms with Crippen LogP contribution in [0.5, 0.6) is 0 Å². The number of nitrogens with zero attached hydrogens (tertiary/aromatic N) is 1. The molecule has 10 heteroatoms. The number of alkyl halides is 3. The predicted molar refractivity (Wildman–Crippen MR) is 99.8 cm³/mol. The maximum absolute atomic E-state index is 13.8. The molecule has 156 valence electrons. The minimum Gasteiger partial charge on any atom is -0.399 e. The molecule has 0 aromatic heterocycles. The highest BCUT2D eigenvalue weighted by Gasteiger charge is 2.53. The van der Waals surface area contributed by atoms with E-state index in [0.717, 1.165) is 12.5 Å². The van der Waals surface area contributed by atoms with Crippen LogP contribution < -0.4 is 5.46 Å². The summed E-state index contributed by atoms with van der Waals surface area (Å²) in [5.74, 6) is 0. The van der Waals surface area contributed by atoms with Crippen molar-refractivity contribution >= 4 is 22.6 Å². The van der Waals surface area contributed by atoms with Crippen molar-refractivity contribution < 1.29 is 30.9 Å². The van der Waals surface area contributed by atoms with Crippen molar-refractivity contribution in [2.75, 3.05) is 13.1 Å². The Morgan fingerprint density at radius 2 is 1.54 bits per heavy atom. The maximum atomic E-state index is 13.8. The third-order valence-electron chi connectivity index (χ3n) is 5.79. The number of benzene rings is 1. The van der Waals surface area contributed by atoms with E-state index in [1.807, 2.05) is 0 Å². The SMILES string of the molecule is CC1(C)OB(c2ccc(S(=O)(=O)N3CCCCC3)cc2C(F)(F)F)OC1(C)C. The highest BCUT2D eigenvalue weighted by molar-refractivity contribution is 7.89. The number of hydrogen-bond donors (Lipinski definition) is 0. The van der Waals surface area contributed by atoms with E-state index >= 15 is 0 Å². The van der Waals surface area contributed by atoms with Crippen molar-refractivity contribution in [2.45, 2.75) is 69.2 Å². The second kappa shape index (κ2) is 7.00. The Balaban J connectivity index is 2.02. The molecule has 5 nitrogen and oxygen atoms in total. The lowest BCUT2D eigenvalue weighted by Crippen LogP contribution is -2.41. The molecule has 0 saturated carbocycles. The monoisotopic (exact) mass is 419 g/mol. The van der Waals surface area contributed by atoms with Crippen LogP contribution in [0.15, 0.2) is 23.1 Å². The third-order valence-corrected chi connectivity index (χ3v) is 7.68. The number of piperidine rings is 1. The van der Waals surface area contributed by atoms with Crippen molar-refractivity contribution in [2.24, 2.45) is 0 Å². The van der Waals surface area contributed by atoms with E-state index in [0.29, 0.717) is 32.0 Å². The Kier molecular flexibility index (Phi) is 5.40. The second-order valence-electron chi connectivity index (χ2n) is 8.30. The fraction of sp³-hybridized carbons (Fsp3) is 0.667. The average molecular weight is 419 g/mol. The number of sulfonamides is 1. The van der Waals surface area contributed by atoms with Gasteiger partial charge < -0.3 is 9.31 Å². The van der Waals surface area contributed by atoms with E-state index in [-0.39, 0.29) is 10.4 Å². The smallest absolute Gasteiger partial charge is 0.399 e. The molecule has 0 amide bonds. The molecule has 2 heterocycles. The van der Waals surface area contributed by atoms with Crippen molar-refractivity contribution in [3.8, 4) is 0 Å². The van der Waals surface area contributed by atoms with Gasteiger partial charge >= 0.3 is 13.3 Å². The Bertz CT molecular complexity index is 833. The molecule has 3 rings (SSSR count). The van der Waals surface area contributed by atoms with E-state index < -0.39 is 40.1 Å². The van der Waals surface area contributed by atoms with Crippen LogP contribution in [0.4, 0.5) is 13.2 Å². The van der Waals surface area contributed by atoms with Gasteiger partial charge in [0.1, 0.15) is 0 Å². The van der Waals surface area contributed by atoms with E-state index in [4.69, 9.17) is 9.31 Å². The molecular weight excluding hydrogens is 394 g/mol. The first-order valence-corrected chi connectivity index (χ1v) is 10.8. The maximum Gasteiger partial charge on any atom is 0.495 e. The minimum atomic E-state index is -4.74. The lowest BCUT2D eigenvalue weighted by molar-refractivity contribution is -0.137. The Hall–Kier alpha value is -1.10. The van der Waals surface area contributed by atoms with Crippen LogP contribution in [0, 0.1) is 0 Å². The first-order chi connectivity index (χ1) is 12.8. The summed E-state index contributed by atoms with van der Waals surface area (Å²) >= 11 is 0. The van der Waals surface area contributed by atoms with Crippen LogP contribution in [0.2, 0.25) is 0 Å². The van der Waals surface area contributed by atoms with Gasteiger partial charge in [-0.05, 0) is 58.1 Å². The molecule has 0 unspecified atom stereocenters. The quantitative estimate of drug-likeness (QED) is 0.707. The molecule has 1 aromatic rings. The number of rotatable bonds is 3. The molecule has 0 atom stereocenters.